The molecule has 0 radical (unpaired) electrons. The number of Topliss-reactive ketones (excluding diaryl/α,β-unsaturated/α-hetero) is 2. The molecule has 0 spiro atoms. The van der Waals surface area contributed by atoms with Gasteiger partial charge in [0.1, 0.15) is 42.7 Å². The van der Waals surface area contributed by atoms with E-state index in [4.69, 9.17) is 67.1 Å². The number of carbonyl (C=O) groups excluding carboxylic acids is 8. The number of hydrogen-bond acceptors (Lipinski definition) is 26. The van der Waals surface area contributed by atoms with Crippen molar-refractivity contribution in [2.24, 2.45) is 38.4 Å². The standard InChI is InChI=1S/C16H34O7.C16H20O6.C13H20O6S2.C12H25NO2.C12H24O2.C7H14O2.CH4/c1-17-7-15(8-18-2,9-19-3)13-23-14-16(10-20-4,11-21-5)12-22-6;1-4-16(2,3)15(19)21-10-9-20-14(18)12-7-5-6-8-13(12)22-11-17;1-20-4-2-10(14)7-11(15)3-5-21-8-9(13(18)19)6-12(16)17;1-6-12(4,5)11(14)15-10-9-13(7-2)8-3;1-5-7-8-9-10-14-11(13)12(3,4)6-2;1-5-7(2,3)6(8)9-4;/h7-14H2,1-6H3;5-8,11H,4,9-10H2,1-3H3;9H,2-8H2,1H3,(H,16,17)(H,18,19);6-10H2,1-5H3;5-10H2,1-4H3;5H2,1-4H3;1H4. The highest BCUT2D eigenvalue weighted by Gasteiger charge is 2.36. The van der Waals surface area contributed by atoms with Crippen molar-refractivity contribution < 1.29 is 120 Å². The zero-order chi connectivity index (χ0) is 80.9. The van der Waals surface area contributed by atoms with Crippen LogP contribution in [0, 0.1) is 38.4 Å². The number of para-hydroxylation sites is 1. The molecule has 0 fully saturated rings. The van der Waals surface area contributed by atoms with Gasteiger partial charge >= 0.3 is 41.8 Å². The third-order valence-corrected chi connectivity index (χ3v) is 18.4. The van der Waals surface area contributed by atoms with Gasteiger partial charge in [-0.2, -0.15) is 23.5 Å². The summed E-state index contributed by atoms with van der Waals surface area (Å²) in [5, 5.41) is 17.4. The Hall–Kier alpha value is -5.30. The van der Waals surface area contributed by atoms with E-state index >= 15 is 0 Å². The number of likely N-dealkylation sites (N-methyl/N-ethyl adjacent to an activating group) is 1. The van der Waals surface area contributed by atoms with Crippen LogP contribution in [-0.4, -0.2) is 247 Å². The first-order valence-corrected chi connectivity index (χ1v) is 38.2. The Labute approximate surface area is 639 Å². The van der Waals surface area contributed by atoms with E-state index in [1.165, 1.54) is 43.8 Å². The zero-order valence-corrected chi connectivity index (χ0v) is 69.4. The van der Waals surface area contributed by atoms with Crippen LogP contribution in [0.1, 0.15) is 199 Å². The number of nitrogens with zero attached hydrogens (tertiary/aromatic N) is 1. The van der Waals surface area contributed by atoms with Gasteiger partial charge in [-0.3, -0.25) is 43.2 Å². The van der Waals surface area contributed by atoms with Gasteiger partial charge in [0, 0.05) is 73.6 Å². The van der Waals surface area contributed by atoms with Gasteiger partial charge in [-0.05, 0) is 125 Å². The molecule has 28 heteroatoms. The van der Waals surface area contributed by atoms with Crippen LogP contribution in [0.4, 0.5) is 0 Å². The van der Waals surface area contributed by atoms with Crippen molar-refractivity contribution in [1.82, 2.24) is 4.90 Å². The molecule has 616 valence electrons. The van der Waals surface area contributed by atoms with Crippen LogP contribution < -0.4 is 4.74 Å². The second-order valence-corrected chi connectivity index (χ2v) is 29.5. The summed E-state index contributed by atoms with van der Waals surface area (Å²) < 4.78 is 67.7. The van der Waals surface area contributed by atoms with Crippen molar-refractivity contribution in [3.63, 3.8) is 0 Å². The molecule has 1 aromatic carbocycles. The van der Waals surface area contributed by atoms with E-state index < -0.39 is 35.7 Å². The Morgan fingerprint density at radius 3 is 1.28 bits per heavy atom. The molecule has 0 aliphatic heterocycles. The minimum absolute atomic E-state index is 0. The molecule has 0 saturated heterocycles. The Morgan fingerprint density at radius 2 is 0.914 bits per heavy atom. The molecular formula is C77H141NO25S2. The quantitative estimate of drug-likeness (QED) is 0.0201. The van der Waals surface area contributed by atoms with Crippen molar-refractivity contribution in [3.05, 3.63) is 29.8 Å². The molecule has 0 saturated carbocycles. The molecular weight excluding hydrogens is 1400 g/mol. The predicted molar refractivity (Wildman–Crippen MR) is 413 cm³/mol. The monoisotopic (exact) mass is 1540 g/mol. The second-order valence-electron chi connectivity index (χ2n) is 27.3. The lowest BCUT2D eigenvalue weighted by Gasteiger charge is -2.35. The molecule has 1 atom stereocenters. The van der Waals surface area contributed by atoms with Crippen LogP contribution in [0.2, 0.25) is 0 Å². The number of esters is 5. The summed E-state index contributed by atoms with van der Waals surface area (Å²) in [5.41, 5.74) is -2.10. The molecule has 1 unspecified atom stereocenters. The van der Waals surface area contributed by atoms with Crippen LogP contribution >= 0.6 is 23.5 Å². The highest BCUT2D eigenvalue weighted by molar-refractivity contribution is 7.99. The Morgan fingerprint density at radius 1 is 0.514 bits per heavy atom. The molecule has 2 N–H and O–H groups in total. The molecule has 26 nitrogen and oxygen atoms in total. The fourth-order valence-electron chi connectivity index (χ4n) is 8.35. The molecule has 1 rings (SSSR count). The second kappa shape index (κ2) is 65.8. The number of aliphatic carboxylic acids is 2. The summed E-state index contributed by atoms with van der Waals surface area (Å²) in [7, 11) is 11.4. The van der Waals surface area contributed by atoms with Crippen molar-refractivity contribution in [2.75, 3.05) is 172 Å². The number of rotatable bonds is 53. The van der Waals surface area contributed by atoms with E-state index in [0.29, 0.717) is 90.4 Å². The summed E-state index contributed by atoms with van der Waals surface area (Å²) in [6.45, 7) is 37.2. The van der Waals surface area contributed by atoms with Gasteiger partial charge in [0.25, 0.3) is 6.47 Å². The molecule has 0 aliphatic rings. The van der Waals surface area contributed by atoms with Crippen molar-refractivity contribution in [3.8, 4) is 5.75 Å². The van der Waals surface area contributed by atoms with Crippen molar-refractivity contribution in [1.29, 1.82) is 0 Å². The van der Waals surface area contributed by atoms with E-state index in [9.17, 15) is 47.9 Å². The molecule has 0 aromatic heterocycles. The Balaban J connectivity index is -0.000000285. The summed E-state index contributed by atoms with van der Waals surface area (Å²) in [6, 6.07) is 6.21. The molecule has 0 aliphatic carbocycles. The molecule has 0 heterocycles. The maximum absolute atomic E-state index is 11.9. The van der Waals surface area contributed by atoms with Crippen LogP contribution in [-0.2, 0) is 100.0 Å². The number of benzene rings is 1. The van der Waals surface area contributed by atoms with Gasteiger partial charge in [0.05, 0.1) is 118 Å². The highest BCUT2D eigenvalue weighted by atomic mass is 32.2. The van der Waals surface area contributed by atoms with Crippen LogP contribution in [0.5, 0.6) is 5.75 Å². The van der Waals surface area contributed by atoms with Gasteiger partial charge in [0.15, 0.2) is 0 Å². The van der Waals surface area contributed by atoms with Crippen LogP contribution in [0.15, 0.2) is 24.3 Å². The molecule has 105 heavy (non-hydrogen) atoms. The van der Waals surface area contributed by atoms with Crippen molar-refractivity contribution >= 4 is 83.3 Å². The van der Waals surface area contributed by atoms with E-state index in [-0.39, 0.29) is 120 Å². The van der Waals surface area contributed by atoms with Gasteiger partial charge in [0.2, 0.25) is 0 Å². The molecule has 0 amide bonds. The minimum atomic E-state index is -1.15. The number of methoxy groups -OCH3 is 7. The van der Waals surface area contributed by atoms with Crippen molar-refractivity contribution in [2.45, 2.75) is 188 Å². The largest absolute Gasteiger partial charge is 0.481 e. The van der Waals surface area contributed by atoms with Gasteiger partial charge < -0.3 is 76.7 Å². The number of ketones is 2. The lowest BCUT2D eigenvalue weighted by atomic mass is 9.90. The third kappa shape index (κ3) is 54.9. The number of carboxylic acid groups (broad SMARTS) is 2. The predicted octanol–water partition coefficient (Wildman–Crippen LogP) is 12.9. The van der Waals surface area contributed by atoms with Gasteiger partial charge in [-0.25, -0.2) is 4.79 Å². The first-order chi connectivity index (χ1) is 48.9. The maximum Gasteiger partial charge on any atom is 0.342 e. The minimum Gasteiger partial charge on any atom is -0.481 e. The van der Waals surface area contributed by atoms with Crippen LogP contribution in [0.25, 0.3) is 0 Å². The Kier molecular flexibility index (Phi) is 69.3. The topological polar surface area (TPSA) is 334 Å². The molecule has 0 bridgehead atoms. The number of thioether (sulfide) groups is 2. The maximum atomic E-state index is 11.9. The third-order valence-electron chi connectivity index (χ3n) is 16.6. The zero-order valence-electron chi connectivity index (χ0n) is 67.7. The number of unbranched alkanes of at least 4 members (excludes halogenated alkanes) is 3. The first kappa shape index (κ1) is 111. The number of hydrogen-bond donors (Lipinski definition) is 2. The summed E-state index contributed by atoms with van der Waals surface area (Å²) in [5.74, 6) is -3.38. The number of carboxylic acids is 2. The average molecular weight is 1550 g/mol. The van der Waals surface area contributed by atoms with E-state index in [1.54, 1.807) is 80.4 Å². The number of carbonyl (C=O) groups is 10. The van der Waals surface area contributed by atoms with Crippen LogP contribution in [0.3, 0.4) is 0 Å². The van der Waals surface area contributed by atoms with E-state index in [0.717, 1.165) is 51.7 Å². The van der Waals surface area contributed by atoms with E-state index in [1.807, 2.05) is 75.5 Å². The smallest absolute Gasteiger partial charge is 0.342 e. The fraction of sp³-hybridized carbons (Fsp3) is 0.792. The normalized spacial score (nSPS) is 11.6. The lowest BCUT2D eigenvalue weighted by Crippen LogP contribution is -2.45. The summed E-state index contributed by atoms with van der Waals surface area (Å²) in [6.07, 6.45) is 9.72. The SMILES string of the molecule is C.CCC(C)(C)C(=O)OC.CCC(C)(C)C(=O)OCCOC(=O)c1ccccc1OC=O.CCCCCCOC(=O)C(C)(C)CC.CCN(CC)CCOC(=O)C(C)(C)CC.COCC(COC)(COC)COCC(COC)(COC)COC.CSCCC(=O)CC(=O)CCSCC(CC(=O)O)C(=O)O. The lowest BCUT2D eigenvalue weighted by molar-refractivity contribution is -0.155. The molecule has 1 aromatic rings. The highest BCUT2D eigenvalue weighted by Crippen LogP contribution is 2.27. The number of ether oxygens (including phenoxy) is 13. The summed E-state index contributed by atoms with van der Waals surface area (Å²) >= 11 is 2.77. The van der Waals surface area contributed by atoms with Gasteiger partial charge in [-0.15, -0.1) is 0 Å². The van der Waals surface area contributed by atoms with Gasteiger partial charge in [-0.1, -0.05) is 87.3 Å². The average Bonchev–Trinajstić information content (AvgIpc) is 0.859. The Bertz CT molecular complexity index is 2410. The first-order valence-electron chi connectivity index (χ1n) is 35.7. The van der Waals surface area contributed by atoms with E-state index in [2.05, 4.69) is 30.4 Å². The fourth-order valence-corrected chi connectivity index (χ4v) is 9.87. The summed E-state index contributed by atoms with van der Waals surface area (Å²) in [4.78, 5) is 114.